The number of rotatable bonds is 4. The Morgan fingerprint density at radius 1 is 1.23 bits per heavy atom. The molecule has 2 heterocycles. The van der Waals surface area contributed by atoms with Gasteiger partial charge in [-0.15, -0.1) is 11.3 Å². The number of anilines is 1. The molecule has 7 nitrogen and oxygen atoms in total. The highest BCUT2D eigenvalue weighted by Crippen LogP contribution is 2.34. The Kier molecular flexibility index (Phi) is 5.76. The van der Waals surface area contributed by atoms with Crippen molar-refractivity contribution < 1.29 is 19.1 Å². The summed E-state index contributed by atoms with van der Waals surface area (Å²) in [7, 11) is 0. The standard InChI is InChI=1S/C22H25N3O4S/c1-13-7-8-18-15(11-13)12-19(30-18)21(27)24-23-20(26)9-10-25-16-5-3-4-6-17(16)29-14(2)22(25)28/h3-6,12-14H,7-11H2,1-2H3,(H,23,26)(H,24,27). The summed E-state index contributed by atoms with van der Waals surface area (Å²) < 4.78 is 5.60. The third kappa shape index (κ3) is 4.18. The number of hydrogen-bond donors (Lipinski definition) is 2. The second-order valence-electron chi connectivity index (χ2n) is 7.88. The third-order valence-electron chi connectivity index (χ3n) is 5.50. The molecule has 1 aromatic carbocycles. The fraction of sp³-hybridized carbons (Fsp3) is 0.409. The van der Waals surface area contributed by atoms with Crippen molar-refractivity contribution in [2.75, 3.05) is 11.4 Å². The Bertz CT molecular complexity index is 987. The Labute approximate surface area is 179 Å². The zero-order valence-corrected chi connectivity index (χ0v) is 17.9. The summed E-state index contributed by atoms with van der Waals surface area (Å²) in [6.45, 7) is 4.11. The summed E-state index contributed by atoms with van der Waals surface area (Å²) in [5.74, 6) is 0.399. The maximum atomic E-state index is 12.5. The number of thiophene rings is 1. The number of hydrazine groups is 1. The lowest BCUT2D eigenvalue weighted by Crippen LogP contribution is -2.47. The summed E-state index contributed by atoms with van der Waals surface area (Å²) in [6, 6.07) is 9.18. The van der Waals surface area contributed by atoms with Crippen LogP contribution in [0.1, 0.15) is 46.8 Å². The highest BCUT2D eigenvalue weighted by atomic mass is 32.1. The SMILES string of the molecule is CC1CCc2sc(C(=O)NNC(=O)CCN3C(=O)C(C)Oc4ccccc43)cc2C1. The molecule has 3 amide bonds. The van der Waals surface area contributed by atoms with E-state index in [1.165, 1.54) is 21.8 Å². The molecule has 2 aliphatic rings. The van der Waals surface area contributed by atoms with Gasteiger partial charge in [-0.05, 0) is 55.9 Å². The first-order valence-electron chi connectivity index (χ1n) is 10.2. The van der Waals surface area contributed by atoms with Gasteiger partial charge < -0.3 is 9.64 Å². The first kappa shape index (κ1) is 20.4. The number of amides is 3. The van der Waals surface area contributed by atoms with Crippen molar-refractivity contribution in [3.8, 4) is 5.75 Å². The van der Waals surface area contributed by atoms with Gasteiger partial charge in [0, 0.05) is 17.8 Å². The Balaban J connectivity index is 1.31. The van der Waals surface area contributed by atoms with Crippen LogP contribution in [0.4, 0.5) is 5.69 Å². The topological polar surface area (TPSA) is 87.7 Å². The van der Waals surface area contributed by atoms with E-state index in [0.29, 0.717) is 22.2 Å². The molecule has 0 saturated carbocycles. The van der Waals surface area contributed by atoms with Crippen LogP contribution in [0, 0.1) is 5.92 Å². The molecule has 30 heavy (non-hydrogen) atoms. The Hall–Kier alpha value is -2.87. The number of nitrogens with zero attached hydrogens (tertiary/aromatic N) is 1. The second-order valence-corrected chi connectivity index (χ2v) is 9.01. The molecule has 2 N–H and O–H groups in total. The van der Waals surface area contributed by atoms with E-state index in [-0.39, 0.29) is 30.7 Å². The van der Waals surface area contributed by atoms with E-state index in [2.05, 4.69) is 17.8 Å². The largest absolute Gasteiger partial charge is 0.479 e. The van der Waals surface area contributed by atoms with Gasteiger partial charge in [0.2, 0.25) is 5.91 Å². The van der Waals surface area contributed by atoms with E-state index in [1.807, 2.05) is 18.2 Å². The maximum Gasteiger partial charge on any atom is 0.279 e. The van der Waals surface area contributed by atoms with Gasteiger partial charge >= 0.3 is 0 Å². The molecule has 0 fully saturated rings. The van der Waals surface area contributed by atoms with Crippen LogP contribution in [0.3, 0.4) is 0 Å². The van der Waals surface area contributed by atoms with E-state index in [9.17, 15) is 14.4 Å². The Morgan fingerprint density at radius 2 is 2.03 bits per heavy atom. The van der Waals surface area contributed by atoms with Gasteiger partial charge in [0.05, 0.1) is 10.6 Å². The molecule has 4 rings (SSSR count). The highest BCUT2D eigenvalue weighted by Gasteiger charge is 2.31. The summed E-state index contributed by atoms with van der Waals surface area (Å²) in [5.41, 5.74) is 6.84. The number of carbonyl (C=O) groups excluding carboxylic acids is 3. The number of ether oxygens (including phenoxy) is 1. The predicted octanol–water partition coefficient (Wildman–Crippen LogP) is 2.84. The fourth-order valence-corrected chi connectivity index (χ4v) is 4.97. The van der Waals surface area contributed by atoms with Crippen LogP contribution in [0.25, 0.3) is 0 Å². The van der Waals surface area contributed by atoms with E-state index in [4.69, 9.17) is 4.74 Å². The van der Waals surface area contributed by atoms with Crippen LogP contribution in [-0.2, 0) is 22.4 Å². The number of hydrogen-bond acceptors (Lipinski definition) is 5. The summed E-state index contributed by atoms with van der Waals surface area (Å²) in [6.07, 6.45) is 2.61. The quantitative estimate of drug-likeness (QED) is 0.735. The zero-order valence-electron chi connectivity index (χ0n) is 17.1. The van der Waals surface area contributed by atoms with Gasteiger partial charge in [-0.25, -0.2) is 0 Å². The van der Waals surface area contributed by atoms with E-state index >= 15 is 0 Å². The number of carbonyl (C=O) groups is 3. The summed E-state index contributed by atoms with van der Waals surface area (Å²) in [5, 5.41) is 0. The number of para-hydroxylation sites is 2. The smallest absolute Gasteiger partial charge is 0.279 e. The van der Waals surface area contributed by atoms with Gasteiger partial charge in [-0.3, -0.25) is 25.2 Å². The normalized spacial score (nSPS) is 20.1. The number of nitrogens with one attached hydrogen (secondary N) is 2. The minimum atomic E-state index is -0.602. The van der Waals surface area contributed by atoms with Crippen molar-refractivity contribution in [2.24, 2.45) is 5.92 Å². The van der Waals surface area contributed by atoms with Gasteiger partial charge in [0.15, 0.2) is 6.10 Å². The predicted molar refractivity (Wildman–Crippen MR) is 115 cm³/mol. The second kappa shape index (κ2) is 8.47. The average molecular weight is 428 g/mol. The zero-order chi connectivity index (χ0) is 21.3. The van der Waals surface area contributed by atoms with Gasteiger partial charge in [0.1, 0.15) is 5.75 Å². The molecule has 0 spiro atoms. The van der Waals surface area contributed by atoms with Crippen LogP contribution in [0.2, 0.25) is 0 Å². The number of aryl methyl sites for hydroxylation is 1. The molecule has 1 aliphatic heterocycles. The van der Waals surface area contributed by atoms with E-state index < -0.39 is 6.10 Å². The summed E-state index contributed by atoms with van der Waals surface area (Å²) in [4.78, 5) is 40.6. The molecule has 2 unspecified atom stereocenters. The first-order valence-corrected chi connectivity index (χ1v) is 11.0. The molecular formula is C22H25N3O4S. The Morgan fingerprint density at radius 3 is 2.87 bits per heavy atom. The van der Waals surface area contributed by atoms with Crippen molar-refractivity contribution in [2.45, 2.75) is 45.6 Å². The van der Waals surface area contributed by atoms with Crippen molar-refractivity contribution in [3.63, 3.8) is 0 Å². The lowest BCUT2D eigenvalue weighted by Gasteiger charge is -2.32. The minimum absolute atomic E-state index is 0.0610. The molecule has 0 saturated heterocycles. The number of fused-ring (bicyclic) bond motifs is 2. The molecule has 1 aliphatic carbocycles. The highest BCUT2D eigenvalue weighted by molar-refractivity contribution is 7.14. The lowest BCUT2D eigenvalue weighted by atomic mass is 9.90. The van der Waals surface area contributed by atoms with Gasteiger partial charge in [0.25, 0.3) is 11.8 Å². The average Bonchev–Trinajstić information content (AvgIpc) is 3.15. The van der Waals surface area contributed by atoms with Crippen molar-refractivity contribution in [3.05, 3.63) is 45.6 Å². The van der Waals surface area contributed by atoms with Crippen molar-refractivity contribution in [1.82, 2.24) is 10.9 Å². The molecule has 1 aromatic heterocycles. The van der Waals surface area contributed by atoms with Crippen molar-refractivity contribution in [1.29, 1.82) is 0 Å². The van der Waals surface area contributed by atoms with Crippen LogP contribution < -0.4 is 20.5 Å². The molecule has 2 aromatic rings. The molecular weight excluding hydrogens is 402 g/mol. The van der Waals surface area contributed by atoms with Crippen LogP contribution in [0.5, 0.6) is 5.75 Å². The fourth-order valence-electron chi connectivity index (χ4n) is 3.87. The van der Waals surface area contributed by atoms with E-state index in [1.54, 1.807) is 24.0 Å². The lowest BCUT2D eigenvalue weighted by molar-refractivity contribution is -0.125. The van der Waals surface area contributed by atoms with E-state index in [0.717, 1.165) is 19.3 Å². The van der Waals surface area contributed by atoms with Crippen LogP contribution >= 0.6 is 11.3 Å². The molecule has 0 bridgehead atoms. The minimum Gasteiger partial charge on any atom is -0.479 e. The van der Waals surface area contributed by atoms with Crippen LogP contribution in [0.15, 0.2) is 30.3 Å². The first-order chi connectivity index (χ1) is 14.4. The van der Waals surface area contributed by atoms with Gasteiger partial charge in [-0.2, -0.15) is 0 Å². The maximum absolute atomic E-state index is 12.5. The molecule has 158 valence electrons. The van der Waals surface area contributed by atoms with Crippen molar-refractivity contribution >= 4 is 34.7 Å². The number of benzene rings is 1. The molecule has 2 atom stereocenters. The molecule has 8 heteroatoms. The monoisotopic (exact) mass is 427 g/mol. The molecule has 0 radical (unpaired) electrons. The summed E-state index contributed by atoms with van der Waals surface area (Å²) >= 11 is 1.50. The van der Waals surface area contributed by atoms with Gasteiger partial charge in [-0.1, -0.05) is 19.1 Å². The van der Waals surface area contributed by atoms with Crippen LogP contribution in [-0.4, -0.2) is 30.4 Å². The third-order valence-corrected chi connectivity index (χ3v) is 6.74.